The Kier molecular flexibility index (Phi) is 4.81. The van der Waals surface area contributed by atoms with Crippen LogP contribution in [-0.2, 0) is 9.53 Å². The van der Waals surface area contributed by atoms with Crippen molar-refractivity contribution in [3.63, 3.8) is 0 Å². The van der Waals surface area contributed by atoms with Gasteiger partial charge in [-0.05, 0) is 33.6 Å². The van der Waals surface area contributed by atoms with Gasteiger partial charge in [-0.3, -0.25) is 9.69 Å². The minimum Gasteiger partial charge on any atom is -0.373 e. The number of rotatable bonds is 3. The van der Waals surface area contributed by atoms with Gasteiger partial charge in [0.05, 0.1) is 18.2 Å². The average Bonchev–Trinajstić information content (AvgIpc) is 2.74. The van der Waals surface area contributed by atoms with E-state index in [9.17, 15) is 4.79 Å². The van der Waals surface area contributed by atoms with Crippen LogP contribution in [0.25, 0.3) is 0 Å². The molecular formula is C14H27N3O2. The molecule has 2 rings (SSSR count). The fraction of sp³-hybridized carbons (Fsp3) is 0.929. The predicted octanol–water partition coefficient (Wildman–Crippen LogP) is 0.434. The molecule has 0 aromatic heterocycles. The van der Waals surface area contributed by atoms with Crippen molar-refractivity contribution < 1.29 is 9.53 Å². The smallest absolute Gasteiger partial charge is 0.239 e. The molecule has 0 saturated carbocycles. The Bertz CT molecular complexity index is 312. The van der Waals surface area contributed by atoms with Crippen LogP contribution in [0.3, 0.4) is 0 Å². The number of morpholine rings is 1. The highest BCUT2D eigenvalue weighted by molar-refractivity contribution is 5.81. The lowest BCUT2D eigenvalue weighted by molar-refractivity contribution is -0.134. The molecule has 2 heterocycles. The molecule has 2 N–H and O–H groups in total. The van der Waals surface area contributed by atoms with Crippen molar-refractivity contribution in [2.75, 3.05) is 26.2 Å². The van der Waals surface area contributed by atoms with E-state index in [0.717, 1.165) is 39.0 Å². The van der Waals surface area contributed by atoms with E-state index in [1.54, 1.807) is 6.92 Å². The fourth-order valence-electron chi connectivity index (χ4n) is 3.31. The maximum atomic E-state index is 12.1. The summed E-state index contributed by atoms with van der Waals surface area (Å²) in [7, 11) is 0. The summed E-state index contributed by atoms with van der Waals surface area (Å²) in [6, 6.07) is -0.0564. The molecule has 0 aromatic rings. The Labute approximate surface area is 116 Å². The van der Waals surface area contributed by atoms with E-state index < -0.39 is 0 Å². The third-order valence-electron chi connectivity index (χ3n) is 4.01. The summed E-state index contributed by atoms with van der Waals surface area (Å²) in [4.78, 5) is 16.5. The highest BCUT2D eigenvalue weighted by atomic mass is 16.5. The summed E-state index contributed by atoms with van der Waals surface area (Å²) in [6.45, 7) is 9.74. The Hall–Kier alpha value is -0.650. The number of likely N-dealkylation sites (tertiary alicyclic amines) is 1. The second kappa shape index (κ2) is 6.20. The zero-order chi connectivity index (χ0) is 14.0. The highest BCUT2D eigenvalue weighted by Gasteiger charge is 2.33. The Morgan fingerprint density at radius 2 is 2.00 bits per heavy atom. The number of nitrogens with zero attached hydrogens (tertiary/aromatic N) is 2. The van der Waals surface area contributed by atoms with Crippen molar-refractivity contribution in [2.24, 2.45) is 5.73 Å². The van der Waals surface area contributed by atoms with Crippen LogP contribution in [0.5, 0.6) is 0 Å². The lowest BCUT2D eigenvalue weighted by atomic mass is 10.1. The molecule has 4 atom stereocenters. The standard InChI is InChI=1S/C14H27N3O2/c1-10-7-16(8-11(2)19-10)9-13-5-4-6-17(13)14(18)12(3)15/h10-13H,4-9,15H2,1-3H3/t10-,11-,12+,13+/m1/s1. The lowest BCUT2D eigenvalue weighted by Gasteiger charge is -2.38. The van der Waals surface area contributed by atoms with Gasteiger partial charge >= 0.3 is 0 Å². The van der Waals surface area contributed by atoms with Gasteiger partial charge in [-0.25, -0.2) is 0 Å². The van der Waals surface area contributed by atoms with Crippen LogP contribution in [0.4, 0.5) is 0 Å². The van der Waals surface area contributed by atoms with Crippen molar-refractivity contribution in [1.82, 2.24) is 9.80 Å². The molecule has 5 heteroatoms. The molecule has 0 spiro atoms. The molecule has 2 aliphatic rings. The van der Waals surface area contributed by atoms with Gasteiger partial charge in [-0.15, -0.1) is 0 Å². The molecule has 0 aromatic carbocycles. The van der Waals surface area contributed by atoms with E-state index in [2.05, 4.69) is 18.7 Å². The van der Waals surface area contributed by atoms with Gasteiger partial charge in [0.1, 0.15) is 0 Å². The number of amides is 1. The van der Waals surface area contributed by atoms with Gasteiger partial charge in [0, 0.05) is 32.2 Å². The van der Waals surface area contributed by atoms with Crippen molar-refractivity contribution in [3.8, 4) is 0 Å². The normalized spacial score (nSPS) is 34.5. The summed E-state index contributed by atoms with van der Waals surface area (Å²) < 4.78 is 5.75. The molecule has 2 saturated heterocycles. The van der Waals surface area contributed by atoms with Crippen molar-refractivity contribution >= 4 is 5.91 Å². The Balaban J connectivity index is 1.92. The van der Waals surface area contributed by atoms with Crippen molar-refractivity contribution in [3.05, 3.63) is 0 Å². The monoisotopic (exact) mass is 269 g/mol. The minimum absolute atomic E-state index is 0.0943. The van der Waals surface area contributed by atoms with Crippen LogP contribution in [0.15, 0.2) is 0 Å². The zero-order valence-electron chi connectivity index (χ0n) is 12.3. The fourth-order valence-corrected chi connectivity index (χ4v) is 3.31. The molecule has 2 aliphatic heterocycles. The third-order valence-corrected chi connectivity index (χ3v) is 4.01. The van der Waals surface area contributed by atoms with Gasteiger partial charge in [0.2, 0.25) is 5.91 Å². The first-order valence-corrected chi connectivity index (χ1v) is 7.41. The predicted molar refractivity (Wildman–Crippen MR) is 74.8 cm³/mol. The first-order valence-electron chi connectivity index (χ1n) is 7.41. The topological polar surface area (TPSA) is 58.8 Å². The van der Waals surface area contributed by atoms with Gasteiger partial charge in [-0.1, -0.05) is 0 Å². The molecule has 19 heavy (non-hydrogen) atoms. The number of carbonyl (C=O) groups excluding carboxylic acids is 1. The van der Waals surface area contributed by atoms with E-state index >= 15 is 0 Å². The molecule has 1 amide bonds. The lowest BCUT2D eigenvalue weighted by Crippen LogP contribution is -2.52. The zero-order valence-corrected chi connectivity index (χ0v) is 12.3. The summed E-state index contributed by atoms with van der Waals surface area (Å²) in [5.41, 5.74) is 5.73. The number of ether oxygens (including phenoxy) is 1. The van der Waals surface area contributed by atoms with E-state index in [1.165, 1.54) is 0 Å². The number of nitrogens with two attached hydrogens (primary N) is 1. The van der Waals surface area contributed by atoms with Crippen molar-refractivity contribution in [2.45, 2.75) is 57.9 Å². The summed E-state index contributed by atoms with van der Waals surface area (Å²) in [5, 5.41) is 0. The third kappa shape index (κ3) is 3.68. The number of hydrogen-bond acceptors (Lipinski definition) is 4. The Morgan fingerprint density at radius 3 is 2.58 bits per heavy atom. The highest BCUT2D eigenvalue weighted by Crippen LogP contribution is 2.21. The van der Waals surface area contributed by atoms with E-state index in [4.69, 9.17) is 10.5 Å². The van der Waals surface area contributed by atoms with Crippen molar-refractivity contribution in [1.29, 1.82) is 0 Å². The first-order chi connectivity index (χ1) is 8.97. The SMILES string of the molecule is C[C@@H]1CN(C[C@@H]2CCCN2C(=O)[C@H](C)N)C[C@@H](C)O1. The van der Waals surface area contributed by atoms with Crippen LogP contribution in [0.1, 0.15) is 33.6 Å². The van der Waals surface area contributed by atoms with Crippen LogP contribution in [0.2, 0.25) is 0 Å². The Morgan fingerprint density at radius 1 is 1.37 bits per heavy atom. The molecule has 0 aliphatic carbocycles. The average molecular weight is 269 g/mol. The first kappa shape index (κ1) is 14.8. The number of hydrogen-bond donors (Lipinski definition) is 1. The van der Waals surface area contributed by atoms with Gasteiger partial charge in [0.25, 0.3) is 0 Å². The van der Waals surface area contributed by atoms with Gasteiger partial charge < -0.3 is 15.4 Å². The van der Waals surface area contributed by atoms with E-state index in [-0.39, 0.29) is 24.2 Å². The number of carbonyl (C=O) groups is 1. The molecule has 0 unspecified atom stereocenters. The van der Waals surface area contributed by atoms with Gasteiger partial charge in [0.15, 0.2) is 0 Å². The maximum absolute atomic E-state index is 12.1. The van der Waals surface area contributed by atoms with Crippen LogP contribution in [0, 0.1) is 0 Å². The second-order valence-electron chi connectivity index (χ2n) is 6.09. The molecule has 110 valence electrons. The van der Waals surface area contributed by atoms with E-state index in [0.29, 0.717) is 6.04 Å². The molecule has 2 fully saturated rings. The van der Waals surface area contributed by atoms with Gasteiger partial charge in [-0.2, -0.15) is 0 Å². The molecule has 5 nitrogen and oxygen atoms in total. The summed E-state index contributed by atoms with van der Waals surface area (Å²) in [6.07, 6.45) is 2.75. The molecule has 0 radical (unpaired) electrons. The quantitative estimate of drug-likeness (QED) is 0.807. The summed E-state index contributed by atoms with van der Waals surface area (Å²) >= 11 is 0. The minimum atomic E-state index is -0.386. The summed E-state index contributed by atoms with van der Waals surface area (Å²) in [5.74, 6) is 0.0943. The van der Waals surface area contributed by atoms with E-state index in [1.807, 2.05) is 4.90 Å². The maximum Gasteiger partial charge on any atom is 0.239 e. The second-order valence-corrected chi connectivity index (χ2v) is 6.09. The molecule has 0 bridgehead atoms. The largest absolute Gasteiger partial charge is 0.373 e. The van der Waals surface area contributed by atoms with Crippen LogP contribution >= 0.6 is 0 Å². The van der Waals surface area contributed by atoms with Crippen LogP contribution in [-0.4, -0.2) is 66.2 Å². The van der Waals surface area contributed by atoms with Crippen LogP contribution < -0.4 is 5.73 Å². The molecular weight excluding hydrogens is 242 g/mol.